The zero-order chi connectivity index (χ0) is 15.2. The van der Waals surface area contributed by atoms with E-state index < -0.39 is 0 Å². The molecule has 1 heterocycles. The van der Waals surface area contributed by atoms with Crippen LogP contribution in [-0.2, 0) is 19.5 Å². The lowest BCUT2D eigenvalue weighted by molar-refractivity contribution is 0.318. The van der Waals surface area contributed by atoms with Gasteiger partial charge in [-0.15, -0.1) is 11.3 Å². The fraction of sp³-hybridized carbons (Fsp3) is 0.267. The van der Waals surface area contributed by atoms with Crippen LogP contribution in [0.15, 0.2) is 34.8 Å². The lowest BCUT2D eigenvalue weighted by Gasteiger charge is -2.08. The maximum absolute atomic E-state index is 13.9. The molecular weight excluding hydrogens is 289 g/mol. The molecule has 0 saturated carbocycles. The van der Waals surface area contributed by atoms with Gasteiger partial charge in [-0.3, -0.25) is 0 Å². The molecule has 0 aliphatic carbocycles. The number of oxime groups is 1. The van der Waals surface area contributed by atoms with Crippen LogP contribution in [0.4, 0.5) is 4.39 Å². The first-order valence-electron chi connectivity index (χ1n) is 6.68. The highest BCUT2D eigenvalue weighted by molar-refractivity contribution is 7.10. The van der Waals surface area contributed by atoms with Crippen LogP contribution in [0.2, 0.25) is 0 Å². The summed E-state index contributed by atoms with van der Waals surface area (Å²) in [6, 6.07) is 6.67. The van der Waals surface area contributed by atoms with Gasteiger partial charge >= 0.3 is 0 Å². The third-order valence-corrected chi connectivity index (χ3v) is 4.24. The van der Waals surface area contributed by atoms with Crippen LogP contribution in [0.5, 0.6) is 0 Å². The summed E-state index contributed by atoms with van der Waals surface area (Å²) in [5, 5.41) is 16.7. The summed E-state index contributed by atoms with van der Waals surface area (Å²) in [7, 11) is 0. The summed E-state index contributed by atoms with van der Waals surface area (Å²) < 4.78 is 13.9. The van der Waals surface area contributed by atoms with E-state index in [1.165, 1.54) is 16.5 Å². The van der Waals surface area contributed by atoms with Gasteiger partial charge in [0.15, 0.2) is 5.84 Å². The predicted octanol–water partition coefficient (Wildman–Crippen LogP) is 2.83. The molecule has 0 saturated heterocycles. The maximum atomic E-state index is 13.9. The van der Waals surface area contributed by atoms with Gasteiger partial charge in [0.05, 0.1) is 0 Å². The Morgan fingerprint density at radius 3 is 2.81 bits per heavy atom. The van der Waals surface area contributed by atoms with Crippen molar-refractivity contribution in [2.24, 2.45) is 10.9 Å². The number of hydrogen-bond acceptors (Lipinski definition) is 4. The smallest absolute Gasteiger partial charge is 0.170 e. The molecule has 1 aromatic carbocycles. The van der Waals surface area contributed by atoms with Crippen molar-refractivity contribution in [1.82, 2.24) is 5.32 Å². The third-order valence-electron chi connectivity index (χ3n) is 3.28. The Kier molecular flexibility index (Phi) is 5.30. The lowest BCUT2D eigenvalue weighted by Crippen LogP contribution is -2.16. The fourth-order valence-electron chi connectivity index (χ4n) is 2.06. The molecule has 0 amide bonds. The standard InChI is InChI=1S/C15H18FN3OS/c1-2-10-5-6-21-14(10)9-18-8-12-4-3-11(7-13(12)16)15(17)19-20/h3-7,18,20H,2,8-9H2,1H3,(H2,17,19). The van der Waals surface area contributed by atoms with Crippen LogP contribution in [0.3, 0.4) is 0 Å². The zero-order valence-corrected chi connectivity index (χ0v) is 12.6. The van der Waals surface area contributed by atoms with E-state index in [0.29, 0.717) is 17.7 Å². The maximum Gasteiger partial charge on any atom is 0.170 e. The van der Waals surface area contributed by atoms with Gasteiger partial charge in [-0.25, -0.2) is 4.39 Å². The van der Waals surface area contributed by atoms with Gasteiger partial charge in [0.1, 0.15) is 5.82 Å². The van der Waals surface area contributed by atoms with Crippen LogP contribution in [0, 0.1) is 5.82 Å². The van der Waals surface area contributed by atoms with Gasteiger partial charge in [-0.2, -0.15) is 0 Å². The van der Waals surface area contributed by atoms with Gasteiger partial charge in [-0.1, -0.05) is 24.2 Å². The van der Waals surface area contributed by atoms with E-state index >= 15 is 0 Å². The molecule has 112 valence electrons. The number of thiophene rings is 1. The summed E-state index contributed by atoms with van der Waals surface area (Å²) in [4.78, 5) is 1.28. The summed E-state index contributed by atoms with van der Waals surface area (Å²) in [5.41, 5.74) is 7.68. The second-order valence-electron chi connectivity index (χ2n) is 4.62. The Labute approximate surface area is 127 Å². The van der Waals surface area contributed by atoms with E-state index in [1.54, 1.807) is 23.5 Å². The molecule has 0 unspecified atom stereocenters. The molecule has 2 aromatic rings. The lowest BCUT2D eigenvalue weighted by atomic mass is 10.1. The van der Waals surface area contributed by atoms with Crippen molar-refractivity contribution < 1.29 is 9.60 Å². The van der Waals surface area contributed by atoms with E-state index in [-0.39, 0.29) is 11.7 Å². The molecular formula is C15H18FN3OS. The van der Waals surface area contributed by atoms with Crippen molar-refractivity contribution in [3.8, 4) is 0 Å². The van der Waals surface area contributed by atoms with Gasteiger partial charge in [0, 0.05) is 29.1 Å². The van der Waals surface area contributed by atoms with Crippen molar-refractivity contribution in [3.63, 3.8) is 0 Å². The minimum absolute atomic E-state index is 0.0976. The Morgan fingerprint density at radius 2 is 2.14 bits per heavy atom. The van der Waals surface area contributed by atoms with Gasteiger partial charge in [0.2, 0.25) is 0 Å². The molecule has 21 heavy (non-hydrogen) atoms. The average molecular weight is 307 g/mol. The van der Waals surface area contributed by atoms with Gasteiger partial charge in [0.25, 0.3) is 0 Å². The SMILES string of the molecule is CCc1ccsc1CNCc1ccc(/C(N)=N/O)cc1F. The number of nitrogens with one attached hydrogen (secondary N) is 1. The van der Waals surface area contributed by atoms with Gasteiger partial charge in [-0.05, 0) is 29.5 Å². The van der Waals surface area contributed by atoms with E-state index in [9.17, 15) is 4.39 Å². The second kappa shape index (κ2) is 7.19. The minimum Gasteiger partial charge on any atom is -0.409 e. The molecule has 4 N–H and O–H groups in total. The number of hydrogen-bond donors (Lipinski definition) is 3. The number of nitrogens with two attached hydrogens (primary N) is 1. The molecule has 0 aliphatic rings. The number of nitrogens with zero attached hydrogens (tertiary/aromatic N) is 1. The first kappa shape index (κ1) is 15.5. The molecule has 1 aromatic heterocycles. The number of halogens is 1. The normalized spacial score (nSPS) is 11.8. The second-order valence-corrected chi connectivity index (χ2v) is 5.62. The molecule has 0 radical (unpaired) electrons. The molecule has 4 nitrogen and oxygen atoms in total. The van der Waals surface area contributed by atoms with Crippen molar-refractivity contribution in [2.45, 2.75) is 26.4 Å². The molecule has 0 aliphatic heterocycles. The van der Waals surface area contributed by atoms with E-state index in [4.69, 9.17) is 10.9 Å². The summed E-state index contributed by atoms with van der Waals surface area (Å²) in [6.45, 7) is 3.28. The van der Waals surface area contributed by atoms with Crippen LogP contribution in [0.1, 0.15) is 28.5 Å². The quantitative estimate of drug-likeness (QED) is 0.333. The summed E-state index contributed by atoms with van der Waals surface area (Å²) in [6.07, 6.45) is 1.00. The van der Waals surface area contributed by atoms with Crippen molar-refractivity contribution in [3.05, 3.63) is 57.0 Å². The Morgan fingerprint density at radius 1 is 1.33 bits per heavy atom. The monoisotopic (exact) mass is 307 g/mol. The topological polar surface area (TPSA) is 70.6 Å². The largest absolute Gasteiger partial charge is 0.409 e. The first-order valence-corrected chi connectivity index (χ1v) is 7.56. The predicted molar refractivity (Wildman–Crippen MR) is 83.2 cm³/mol. The Hall–Kier alpha value is -1.92. The van der Waals surface area contributed by atoms with Crippen LogP contribution >= 0.6 is 11.3 Å². The van der Waals surface area contributed by atoms with Crippen molar-refractivity contribution in [1.29, 1.82) is 0 Å². The molecule has 6 heteroatoms. The Balaban J connectivity index is 1.98. The molecule has 0 spiro atoms. The van der Waals surface area contributed by atoms with Crippen LogP contribution in [0.25, 0.3) is 0 Å². The van der Waals surface area contributed by atoms with Crippen molar-refractivity contribution >= 4 is 17.2 Å². The van der Waals surface area contributed by atoms with E-state index in [0.717, 1.165) is 13.0 Å². The molecule has 0 bridgehead atoms. The fourth-order valence-corrected chi connectivity index (χ4v) is 3.00. The number of benzene rings is 1. The molecule has 0 atom stereocenters. The summed E-state index contributed by atoms with van der Waals surface area (Å²) >= 11 is 1.71. The van der Waals surface area contributed by atoms with Crippen molar-refractivity contribution in [2.75, 3.05) is 0 Å². The van der Waals surface area contributed by atoms with E-state index in [1.807, 2.05) is 0 Å². The van der Waals surface area contributed by atoms with Gasteiger partial charge < -0.3 is 16.3 Å². The first-order chi connectivity index (χ1) is 10.2. The molecule has 0 fully saturated rings. The number of amidine groups is 1. The highest BCUT2D eigenvalue weighted by Crippen LogP contribution is 2.17. The third kappa shape index (κ3) is 3.80. The summed E-state index contributed by atoms with van der Waals surface area (Å²) in [5.74, 6) is -0.465. The van der Waals surface area contributed by atoms with Crippen LogP contribution < -0.4 is 11.1 Å². The van der Waals surface area contributed by atoms with E-state index in [2.05, 4.69) is 28.8 Å². The minimum atomic E-state index is -0.367. The highest BCUT2D eigenvalue weighted by Gasteiger charge is 2.07. The Bertz CT molecular complexity index is 640. The van der Waals surface area contributed by atoms with Crippen LogP contribution in [-0.4, -0.2) is 11.0 Å². The zero-order valence-electron chi connectivity index (χ0n) is 11.8. The number of rotatable bonds is 6. The molecule has 2 rings (SSSR count). The highest BCUT2D eigenvalue weighted by atomic mass is 32.1. The number of aryl methyl sites for hydroxylation is 1. The average Bonchev–Trinajstić information content (AvgIpc) is 2.95.